The third-order valence-electron chi connectivity index (χ3n) is 4.90. The number of nitrogens with zero attached hydrogens (tertiary/aromatic N) is 2. The maximum atomic E-state index is 14.0. The van der Waals surface area contributed by atoms with E-state index in [1.165, 1.54) is 47.7 Å². The molecule has 1 atom stereocenters. The lowest BCUT2D eigenvalue weighted by Crippen LogP contribution is -2.29. The van der Waals surface area contributed by atoms with E-state index in [1.807, 2.05) is 0 Å². The number of benzene rings is 2. The van der Waals surface area contributed by atoms with Crippen LogP contribution in [0.25, 0.3) is 5.76 Å². The zero-order valence-corrected chi connectivity index (χ0v) is 16.9. The van der Waals surface area contributed by atoms with Crippen LogP contribution in [0.1, 0.15) is 22.7 Å². The van der Waals surface area contributed by atoms with Crippen LogP contribution in [0.5, 0.6) is 5.75 Å². The van der Waals surface area contributed by atoms with Crippen LogP contribution >= 0.6 is 11.3 Å². The molecule has 0 spiro atoms. The Labute approximate surface area is 175 Å². The van der Waals surface area contributed by atoms with Crippen LogP contribution in [0, 0.1) is 12.7 Å². The van der Waals surface area contributed by atoms with E-state index in [2.05, 4.69) is 4.98 Å². The first-order valence-corrected chi connectivity index (χ1v) is 9.91. The second-order valence-corrected chi connectivity index (χ2v) is 7.60. The van der Waals surface area contributed by atoms with Crippen LogP contribution in [0.3, 0.4) is 0 Å². The number of aromatic nitrogens is 1. The largest absolute Gasteiger partial charge is 0.507 e. The van der Waals surface area contributed by atoms with Gasteiger partial charge in [-0.15, -0.1) is 11.3 Å². The number of carbonyl (C=O) groups excluding carboxylic acids is 2. The molecule has 0 radical (unpaired) electrons. The van der Waals surface area contributed by atoms with Gasteiger partial charge >= 0.3 is 5.91 Å². The van der Waals surface area contributed by atoms with Crippen molar-refractivity contribution in [2.75, 3.05) is 12.0 Å². The van der Waals surface area contributed by atoms with Gasteiger partial charge in [-0.2, -0.15) is 0 Å². The molecule has 0 saturated carbocycles. The molecule has 2 heterocycles. The van der Waals surface area contributed by atoms with E-state index in [4.69, 9.17) is 4.74 Å². The third kappa shape index (κ3) is 3.25. The van der Waals surface area contributed by atoms with Crippen molar-refractivity contribution in [2.45, 2.75) is 13.0 Å². The molecule has 1 N–H and O–H groups in total. The van der Waals surface area contributed by atoms with E-state index in [9.17, 15) is 19.1 Å². The van der Waals surface area contributed by atoms with E-state index in [-0.39, 0.29) is 16.5 Å². The second kappa shape index (κ2) is 7.72. The van der Waals surface area contributed by atoms with Crippen LogP contribution in [0.4, 0.5) is 9.52 Å². The maximum absolute atomic E-state index is 14.0. The van der Waals surface area contributed by atoms with Gasteiger partial charge in [0, 0.05) is 17.1 Å². The number of aryl methyl sites for hydroxylation is 1. The number of Topliss-reactive ketones (excluding diaryl/α,β-unsaturated/α-hetero) is 1. The van der Waals surface area contributed by atoms with E-state index in [0.717, 1.165) is 5.56 Å². The van der Waals surface area contributed by atoms with Crippen molar-refractivity contribution in [1.82, 2.24) is 4.98 Å². The van der Waals surface area contributed by atoms with Crippen molar-refractivity contribution >= 4 is 33.9 Å². The van der Waals surface area contributed by atoms with Crippen molar-refractivity contribution in [2.24, 2.45) is 0 Å². The maximum Gasteiger partial charge on any atom is 0.301 e. The summed E-state index contributed by atoms with van der Waals surface area (Å²) in [5, 5.41) is 13.0. The SMILES string of the molecule is COc1ccc(C(O)=C2C(=O)C(=O)N(c3nccs3)C2c2cccc(F)c2)cc1C. The molecule has 1 aliphatic rings. The van der Waals surface area contributed by atoms with Crippen molar-refractivity contribution in [3.05, 3.63) is 82.1 Å². The summed E-state index contributed by atoms with van der Waals surface area (Å²) >= 11 is 1.17. The first kappa shape index (κ1) is 19.8. The lowest BCUT2D eigenvalue weighted by Gasteiger charge is -2.23. The number of hydrogen-bond donors (Lipinski definition) is 1. The second-order valence-electron chi connectivity index (χ2n) is 6.72. The number of halogens is 1. The van der Waals surface area contributed by atoms with Gasteiger partial charge in [-0.3, -0.25) is 14.5 Å². The van der Waals surface area contributed by atoms with Gasteiger partial charge in [-0.1, -0.05) is 12.1 Å². The van der Waals surface area contributed by atoms with Crippen LogP contribution in [-0.2, 0) is 9.59 Å². The zero-order valence-electron chi connectivity index (χ0n) is 16.1. The quantitative estimate of drug-likeness (QED) is 0.385. The van der Waals surface area contributed by atoms with Crippen LogP contribution in [0.15, 0.2) is 59.6 Å². The minimum Gasteiger partial charge on any atom is -0.507 e. The van der Waals surface area contributed by atoms with Crippen molar-refractivity contribution in [3.8, 4) is 5.75 Å². The Balaban J connectivity index is 1.94. The average Bonchev–Trinajstić information content (AvgIpc) is 3.34. The number of amides is 1. The number of carbonyl (C=O) groups is 2. The summed E-state index contributed by atoms with van der Waals surface area (Å²) in [6.07, 6.45) is 1.51. The molecule has 4 rings (SSSR count). The molecule has 3 aromatic rings. The lowest BCUT2D eigenvalue weighted by atomic mass is 9.95. The summed E-state index contributed by atoms with van der Waals surface area (Å²) < 4.78 is 19.2. The van der Waals surface area contributed by atoms with E-state index in [0.29, 0.717) is 16.9 Å². The van der Waals surface area contributed by atoms with Crippen LogP contribution in [0.2, 0.25) is 0 Å². The average molecular weight is 424 g/mol. The molecule has 1 unspecified atom stereocenters. The summed E-state index contributed by atoms with van der Waals surface area (Å²) in [7, 11) is 1.53. The first-order chi connectivity index (χ1) is 14.4. The molecule has 30 heavy (non-hydrogen) atoms. The predicted octanol–water partition coefficient (Wildman–Crippen LogP) is 4.23. The van der Waals surface area contributed by atoms with E-state index >= 15 is 0 Å². The van der Waals surface area contributed by atoms with Gasteiger partial charge in [0.05, 0.1) is 18.7 Å². The van der Waals surface area contributed by atoms with Crippen LogP contribution in [-0.4, -0.2) is 28.9 Å². The summed E-state index contributed by atoms with van der Waals surface area (Å²) in [6, 6.07) is 9.52. The minimum absolute atomic E-state index is 0.120. The number of anilines is 1. The fraction of sp³-hybridized carbons (Fsp3) is 0.136. The van der Waals surface area contributed by atoms with Gasteiger partial charge in [0.25, 0.3) is 5.78 Å². The smallest absolute Gasteiger partial charge is 0.301 e. The number of ether oxygens (including phenoxy) is 1. The summed E-state index contributed by atoms with van der Waals surface area (Å²) in [5.41, 5.74) is 1.34. The molecule has 2 aromatic carbocycles. The number of rotatable bonds is 4. The molecule has 1 amide bonds. The number of methoxy groups -OCH3 is 1. The Bertz CT molecular complexity index is 1170. The van der Waals surface area contributed by atoms with E-state index < -0.39 is 23.5 Å². The van der Waals surface area contributed by atoms with Gasteiger partial charge in [0.1, 0.15) is 17.3 Å². The molecule has 152 valence electrons. The molecule has 6 nitrogen and oxygen atoms in total. The summed E-state index contributed by atoms with van der Waals surface area (Å²) in [6.45, 7) is 1.80. The molecular formula is C22H17FN2O4S. The number of aliphatic hydroxyl groups is 1. The van der Waals surface area contributed by atoms with Gasteiger partial charge < -0.3 is 9.84 Å². The topological polar surface area (TPSA) is 79.7 Å². The molecule has 0 aliphatic carbocycles. The highest BCUT2D eigenvalue weighted by Gasteiger charge is 2.48. The Kier molecular flexibility index (Phi) is 5.09. The Morgan fingerprint density at radius 2 is 2.03 bits per heavy atom. The molecule has 8 heteroatoms. The van der Waals surface area contributed by atoms with Gasteiger partial charge in [0.15, 0.2) is 5.13 Å². The Morgan fingerprint density at radius 3 is 2.67 bits per heavy atom. The predicted molar refractivity (Wildman–Crippen MR) is 111 cm³/mol. The standard InChI is InChI=1S/C22H17FN2O4S/c1-12-10-14(6-7-16(12)29-2)19(26)17-18(13-4-3-5-15(23)11-13)25(21(28)20(17)27)22-24-8-9-30-22/h3-11,18,26H,1-2H3. The van der Waals surface area contributed by atoms with Crippen molar-refractivity contribution < 1.29 is 23.8 Å². The van der Waals surface area contributed by atoms with E-state index in [1.54, 1.807) is 36.6 Å². The van der Waals surface area contributed by atoms with Gasteiger partial charge in [-0.05, 0) is 48.4 Å². The van der Waals surface area contributed by atoms with Gasteiger partial charge in [-0.25, -0.2) is 9.37 Å². The minimum atomic E-state index is -1.01. The molecular weight excluding hydrogens is 407 g/mol. The number of ketones is 1. The lowest BCUT2D eigenvalue weighted by molar-refractivity contribution is -0.132. The fourth-order valence-electron chi connectivity index (χ4n) is 3.54. The Morgan fingerprint density at radius 1 is 1.23 bits per heavy atom. The first-order valence-electron chi connectivity index (χ1n) is 9.03. The molecule has 1 aromatic heterocycles. The number of thiazole rings is 1. The molecule has 0 bridgehead atoms. The molecule has 1 aliphatic heterocycles. The molecule has 1 fully saturated rings. The summed E-state index contributed by atoms with van der Waals surface area (Å²) in [5.74, 6) is -1.92. The van der Waals surface area contributed by atoms with Gasteiger partial charge in [0.2, 0.25) is 0 Å². The highest BCUT2D eigenvalue weighted by Crippen LogP contribution is 2.43. The monoisotopic (exact) mass is 424 g/mol. The highest BCUT2D eigenvalue weighted by atomic mass is 32.1. The fourth-order valence-corrected chi connectivity index (χ4v) is 4.21. The number of aliphatic hydroxyl groups excluding tert-OH is 1. The number of hydrogen-bond acceptors (Lipinski definition) is 6. The van der Waals surface area contributed by atoms with Crippen molar-refractivity contribution in [1.29, 1.82) is 0 Å². The molecule has 1 saturated heterocycles. The van der Waals surface area contributed by atoms with Crippen LogP contribution < -0.4 is 9.64 Å². The highest BCUT2D eigenvalue weighted by molar-refractivity contribution is 7.14. The Hall–Kier alpha value is -3.52. The van der Waals surface area contributed by atoms with Crippen molar-refractivity contribution in [3.63, 3.8) is 0 Å². The third-order valence-corrected chi connectivity index (χ3v) is 5.67. The summed E-state index contributed by atoms with van der Waals surface area (Å²) in [4.78, 5) is 31.2. The normalized spacial score (nSPS) is 18.1. The zero-order chi connectivity index (χ0) is 21.4.